The van der Waals surface area contributed by atoms with E-state index in [0.717, 1.165) is 25.2 Å². The molecule has 0 aromatic carbocycles. The first-order valence-electron chi connectivity index (χ1n) is 9.23. The predicted molar refractivity (Wildman–Crippen MR) is 95.5 cm³/mol. The maximum absolute atomic E-state index is 13.0. The summed E-state index contributed by atoms with van der Waals surface area (Å²) in [5.41, 5.74) is 1.29. The topological polar surface area (TPSA) is 54.0 Å². The molecule has 0 saturated carbocycles. The first kappa shape index (κ1) is 19.7. The van der Waals surface area contributed by atoms with Crippen LogP contribution in [0.4, 0.5) is 13.2 Å². The molecule has 1 aliphatic heterocycles. The van der Waals surface area contributed by atoms with E-state index in [0.29, 0.717) is 36.1 Å². The molecule has 3 heterocycles. The molecule has 148 valence electrons. The number of halogens is 3. The second-order valence-electron chi connectivity index (χ2n) is 7.12. The molecule has 1 fully saturated rings. The highest BCUT2D eigenvalue weighted by Gasteiger charge is 2.33. The Kier molecular flexibility index (Phi) is 5.74. The molecular weight excluding hydrogens is 357 g/mol. The Bertz CT molecular complexity index is 775. The summed E-state index contributed by atoms with van der Waals surface area (Å²) in [6.45, 7) is 7.93. The van der Waals surface area contributed by atoms with Crippen LogP contribution in [0, 0.1) is 12.8 Å². The third-order valence-corrected chi connectivity index (χ3v) is 5.01. The molecule has 2 aromatic rings. The van der Waals surface area contributed by atoms with Crippen LogP contribution in [0.25, 0.3) is 0 Å². The Balaban J connectivity index is 1.63. The summed E-state index contributed by atoms with van der Waals surface area (Å²) in [7, 11) is 0. The van der Waals surface area contributed by atoms with Crippen molar-refractivity contribution in [3.05, 3.63) is 40.8 Å². The lowest BCUT2D eigenvalue weighted by atomic mass is 9.98. The van der Waals surface area contributed by atoms with Crippen LogP contribution in [0.3, 0.4) is 0 Å². The zero-order chi connectivity index (χ0) is 19.6. The first-order chi connectivity index (χ1) is 12.8. The average Bonchev–Trinajstić information content (AvgIpc) is 3.23. The van der Waals surface area contributed by atoms with Gasteiger partial charge in [-0.15, -0.1) is 5.10 Å². The Morgan fingerprint density at radius 1 is 1.33 bits per heavy atom. The normalized spacial score (nSPS) is 19.4. The molecule has 5 nitrogen and oxygen atoms in total. The number of hydrogen-bond acceptors (Lipinski definition) is 4. The number of hydrogen-bond donors (Lipinski definition) is 1. The van der Waals surface area contributed by atoms with E-state index in [9.17, 15) is 13.2 Å². The first-order valence-corrected chi connectivity index (χ1v) is 9.23. The quantitative estimate of drug-likeness (QED) is 0.815. The van der Waals surface area contributed by atoms with Crippen LogP contribution in [0.5, 0.6) is 5.88 Å². The highest BCUT2D eigenvalue weighted by atomic mass is 19.4. The van der Waals surface area contributed by atoms with Crippen LogP contribution in [-0.2, 0) is 12.6 Å². The van der Waals surface area contributed by atoms with Crippen molar-refractivity contribution in [3.63, 3.8) is 0 Å². The van der Waals surface area contributed by atoms with Crippen molar-refractivity contribution >= 4 is 0 Å². The van der Waals surface area contributed by atoms with Crippen molar-refractivity contribution in [2.75, 3.05) is 19.7 Å². The number of nitrogens with one attached hydrogen (secondary N) is 1. The molecule has 2 unspecified atom stereocenters. The van der Waals surface area contributed by atoms with Gasteiger partial charge in [-0.1, -0.05) is 0 Å². The fourth-order valence-corrected chi connectivity index (χ4v) is 3.67. The van der Waals surface area contributed by atoms with Gasteiger partial charge in [-0.05, 0) is 63.8 Å². The summed E-state index contributed by atoms with van der Waals surface area (Å²) in [5, 5.41) is 7.15. The Morgan fingerprint density at radius 2 is 2.11 bits per heavy atom. The SMILES string of the molecule is CCOc1cc(C(C)N2CCC(Cc3cc(C)nc(C(F)(F)F)c3)C2)[nH]n1. The molecule has 0 spiro atoms. The fourth-order valence-electron chi connectivity index (χ4n) is 3.67. The minimum absolute atomic E-state index is 0.154. The molecular formula is C19H25F3N4O. The summed E-state index contributed by atoms with van der Waals surface area (Å²) in [6, 6.07) is 5.00. The third-order valence-electron chi connectivity index (χ3n) is 5.01. The van der Waals surface area contributed by atoms with Gasteiger partial charge >= 0.3 is 6.18 Å². The summed E-state index contributed by atoms with van der Waals surface area (Å²) in [4.78, 5) is 5.95. The maximum atomic E-state index is 13.0. The summed E-state index contributed by atoms with van der Waals surface area (Å²) in [5.74, 6) is 0.909. The van der Waals surface area contributed by atoms with Crippen LogP contribution in [0.2, 0.25) is 0 Å². The van der Waals surface area contributed by atoms with Crippen LogP contribution in [0.1, 0.15) is 49.0 Å². The number of alkyl halides is 3. The van der Waals surface area contributed by atoms with Crippen LogP contribution < -0.4 is 4.74 Å². The van der Waals surface area contributed by atoms with Gasteiger partial charge in [0.05, 0.1) is 12.3 Å². The highest BCUT2D eigenvalue weighted by Crippen LogP contribution is 2.32. The van der Waals surface area contributed by atoms with E-state index in [1.807, 2.05) is 13.0 Å². The van der Waals surface area contributed by atoms with E-state index >= 15 is 0 Å². The summed E-state index contributed by atoms with van der Waals surface area (Å²) in [6.07, 6.45) is -2.82. The monoisotopic (exact) mass is 382 g/mol. The molecule has 8 heteroatoms. The molecule has 2 atom stereocenters. The van der Waals surface area contributed by atoms with Crippen molar-refractivity contribution < 1.29 is 17.9 Å². The van der Waals surface area contributed by atoms with Crippen molar-refractivity contribution in [2.45, 2.75) is 45.8 Å². The number of aromatic amines is 1. The number of likely N-dealkylation sites (tertiary alicyclic amines) is 1. The molecule has 1 N–H and O–H groups in total. The van der Waals surface area contributed by atoms with E-state index in [-0.39, 0.29) is 6.04 Å². The van der Waals surface area contributed by atoms with Gasteiger partial charge in [-0.3, -0.25) is 10.00 Å². The van der Waals surface area contributed by atoms with Crippen molar-refractivity contribution in [3.8, 4) is 5.88 Å². The Morgan fingerprint density at radius 3 is 2.81 bits per heavy atom. The van der Waals surface area contributed by atoms with E-state index in [1.54, 1.807) is 13.0 Å². The zero-order valence-corrected chi connectivity index (χ0v) is 15.8. The molecule has 0 bridgehead atoms. The van der Waals surface area contributed by atoms with Gasteiger partial charge in [0.2, 0.25) is 5.88 Å². The van der Waals surface area contributed by atoms with Gasteiger partial charge in [0.15, 0.2) is 0 Å². The lowest BCUT2D eigenvalue weighted by Crippen LogP contribution is -2.25. The highest BCUT2D eigenvalue weighted by molar-refractivity contribution is 5.23. The average molecular weight is 382 g/mol. The molecule has 0 amide bonds. The molecule has 0 radical (unpaired) electrons. The van der Waals surface area contributed by atoms with Gasteiger partial charge in [-0.2, -0.15) is 13.2 Å². The lowest BCUT2D eigenvalue weighted by molar-refractivity contribution is -0.141. The number of H-pyrrole nitrogens is 1. The van der Waals surface area contributed by atoms with E-state index in [2.05, 4.69) is 27.0 Å². The smallest absolute Gasteiger partial charge is 0.433 e. The minimum Gasteiger partial charge on any atom is -0.477 e. The van der Waals surface area contributed by atoms with Crippen molar-refractivity contribution in [2.24, 2.45) is 5.92 Å². The molecule has 0 aliphatic carbocycles. The molecule has 2 aromatic heterocycles. The number of ether oxygens (including phenoxy) is 1. The Hall–Kier alpha value is -2.09. The van der Waals surface area contributed by atoms with Crippen LogP contribution >= 0.6 is 0 Å². The second kappa shape index (κ2) is 7.88. The number of aromatic nitrogens is 3. The number of aryl methyl sites for hydroxylation is 1. The summed E-state index contributed by atoms with van der Waals surface area (Å²) >= 11 is 0. The van der Waals surface area contributed by atoms with E-state index in [4.69, 9.17) is 4.74 Å². The van der Waals surface area contributed by atoms with Crippen molar-refractivity contribution in [1.29, 1.82) is 0 Å². The van der Waals surface area contributed by atoms with Gasteiger partial charge in [0.1, 0.15) is 5.69 Å². The van der Waals surface area contributed by atoms with Crippen LogP contribution in [-0.4, -0.2) is 39.8 Å². The maximum Gasteiger partial charge on any atom is 0.433 e. The molecule has 27 heavy (non-hydrogen) atoms. The van der Waals surface area contributed by atoms with Gasteiger partial charge in [-0.25, -0.2) is 4.98 Å². The number of rotatable bonds is 6. The number of pyridine rings is 1. The largest absolute Gasteiger partial charge is 0.477 e. The Labute approximate surface area is 156 Å². The molecule has 3 rings (SSSR count). The van der Waals surface area contributed by atoms with Gasteiger partial charge < -0.3 is 4.74 Å². The van der Waals surface area contributed by atoms with E-state index in [1.165, 1.54) is 6.07 Å². The minimum atomic E-state index is -4.41. The third kappa shape index (κ3) is 4.80. The predicted octanol–water partition coefficient (Wildman–Crippen LogP) is 4.16. The molecule has 1 aliphatic rings. The van der Waals surface area contributed by atoms with Crippen molar-refractivity contribution in [1.82, 2.24) is 20.1 Å². The van der Waals surface area contributed by atoms with Gasteiger partial charge in [0.25, 0.3) is 0 Å². The lowest BCUT2D eigenvalue weighted by Gasteiger charge is -2.23. The van der Waals surface area contributed by atoms with Gasteiger partial charge in [0, 0.05) is 24.3 Å². The standard InChI is InChI=1S/C19H25F3N4O/c1-4-27-18-10-16(24-25-18)13(3)26-6-5-14(11-26)8-15-7-12(2)23-17(9-15)19(20,21)22/h7,9-10,13-14H,4-6,8,11H2,1-3H3,(H,24,25). The second-order valence-corrected chi connectivity index (χ2v) is 7.12. The fraction of sp³-hybridized carbons (Fsp3) is 0.579. The van der Waals surface area contributed by atoms with Crippen LogP contribution in [0.15, 0.2) is 18.2 Å². The zero-order valence-electron chi connectivity index (χ0n) is 15.8. The summed E-state index contributed by atoms with van der Waals surface area (Å²) < 4.78 is 44.3. The molecule has 1 saturated heterocycles. The number of nitrogens with zero attached hydrogens (tertiary/aromatic N) is 3. The van der Waals surface area contributed by atoms with E-state index < -0.39 is 11.9 Å².